The minimum absolute atomic E-state index is 0.213. The molecule has 0 unspecified atom stereocenters. The van der Waals surface area contributed by atoms with E-state index in [1.165, 1.54) is 0 Å². The summed E-state index contributed by atoms with van der Waals surface area (Å²) < 4.78 is 0. The topological polar surface area (TPSA) is 66.4 Å². The van der Waals surface area contributed by atoms with Crippen molar-refractivity contribution in [2.45, 2.75) is 52.0 Å². The summed E-state index contributed by atoms with van der Waals surface area (Å²) in [5.74, 6) is 1.55. The van der Waals surface area contributed by atoms with E-state index in [1.54, 1.807) is 0 Å². The molecule has 0 radical (unpaired) electrons. The minimum atomic E-state index is -0.976. The van der Waals surface area contributed by atoms with Crippen LogP contribution >= 0.6 is 0 Å². The van der Waals surface area contributed by atoms with Crippen molar-refractivity contribution in [3.05, 3.63) is 0 Å². The van der Waals surface area contributed by atoms with Gasteiger partial charge in [-0.1, -0.05) is 13.8 Å². The van der Waals surface area contributed by atoms with Crippen molar-refractivity contribution >= 4 is 11.9 Å². The smallest absolute Gasteiger partial charge is 0.326 e. The molecule has 0 aliphatic heterocycles. The Bertz CT molecular complexity index is 292. The number of carboxylic acid groups (broad SMARTS) is 1. The third-order valence-corrected chi connectivity index (χ3v) is 2.32. The van der Waals surface area contributed by atoms with Gasteiger partial charge in [-0.05, 0) is 25.2 Å². The van der Waals surface area contributed by atoms with Crippen molar-refractivity contribution in [3.8, 4) is 12.3 Å². The molecule has 0 fully saturated rings. The van der Waals surface area contributed by atoms with E-state index < -0.39 is 12.0 Å². The van der Waals surface area contributed by atoms with E-state index >= 15 is 0 Å². The highest BCUT2D eigenvalue weighted by atomic mass is 16.4. The number of terminal acetylenes is 1. The molecule has 0 heterocycles. The molecule has 2 N–H and O–H groups in total. The SMILES string of the molecule is C#CCCCCC(=O)N[C@H](CC(C)C)C(=O)O. The van der Waals surface area contributed by atoms with Gasteiger partial charge in [0.05, 0.1) is 0 Å². The van der Waals surface area contributed by atoms with E-state index in [1.807, 2.05) is 13.8 Å². The van der Waals surface area contributed by atoms with Crippen molar-refractivity contribution in [2.24, 2.45) is 5.92 Å². The highest BCUT2D eigenvalue weighted by molar-refractivity contribution is 5.83. The van der Waals surface area contributed by atoms with Crippen LogP contribution < -0.4 is 5.32 Å². The van der Waals surface area contributed by atoms with E-state index in [0.29, 0.717) is 25.7 Å². The molecule has 0 spiro atoms. The van der Waals surface area contributed by atoms with Gasteiger partial charge in [0.2, 0.25) is 5.91 Å². The molecule has 0 bridgehead atoms. The molecule has 1 amide bonds. The monoisotopic (exact) mass is 239 g/mol. The molecule has 0 aliphatic carbocycles. The highest BCUT2D eigenvalue weighted by Gasteiger charge is 2.20. The zero-order chi connectivity index (χ0) is 13.3. The maximum absolute atomic E-state index is 11.5. The van der Waals surface area contributed by atoms with Gasteiger partial charge < -0.3 is 10.4 Å². The van der Waals surface area contributed by atoms with Gasteiger partial charge in [0.15, 0.2) is 0 Å². The second-order valence-corrected chi connectivity index (χ2v) is 4.50. The molecule has 0 rings (SSSR count). The van der Waals surface area contributed by atoms with E-state index in [4.69, 9.17) is 11.5 Å². The van der Waals surface area contributed by atoms with E-state index in [0.717, 1.165) is 6.42 Å². The fourth-order valence-electron chi connectivity index (χ4n) is 1.47. The van der Waals surface area contributed by atoms with Gasteiger partial charge in [-0.3, -0.25) is 4.79 Å². The Hall–Kier alpha value is -1.50. The first kappa shape index (κ1) is 15.5. The molecule has 0 aromatic rings. The summed E-state index contributed by atoms with van der Waals surface area (Å²) in [4.78, 5) is 22.4. The number of rotatable bonds is 8. The number of carbonyl (C=O) groups is 2. The number of aliphatic carboxylic acids is 1. The lowest BCUT2D eigenvalue weighted by Gasteiger charge is -2.16. The Balaban J connectivity index is 3.96. The fraction of sp³-hybridized carbons (Fsp3) is 0.692. The summed E-state index contributed by atoms with van der Waals surface area (Å²) in [6.07, 6.45) is 8.03. The van der Waals surface area contributed by atoms with Crippen molar-refractivity contribution in [1.29, 1.82) is 0 Å². The van der Waals surface area contributed by atoms with E-state index in [9.17, 15) is 9.59 Å². The van der Waals surface area contributed by atoms with Gasteiger partial charge in [0.1, 0.15) is 6.04 Å². The molecule has 4 heteroatoms. The van der Waals surface area contributed by atoms with Gasteiger partial charge in [0, 0.05) is 12.8 Å². The molecule has 0 saturated carbocycles. The second kappa shape index (κ2) is 8.63. The molecule has 0 aromatic carbocycles. The van der Waals surface area contributed by atoms with Crippen LogP contribution in [0.15, 0.2) is 0 Å². The van der Waals surface area contributed by atoms with Crippen LogP contribution in [0.2, 0.25) is 0 Å². The van der Waals surface area contributed by atoms with Gasteiger partial charge in [0.25, 0.3) is 0 Å². The predicted octanol–water partition coefficient (Wildman–Crippen LogP) is 1.80. The number of amides is 1. The van der Waals surface area contributed by atoms with E-state index in [-0.39, 0.29) is 11.8 Å². The van der Waals surface area contributed by atoms with Crippen molar-refractivity contribution < 1.29 is 14.7 Å². The largest absolute Gasteiger partial charge is 0.480 e. The third-order valence-electron chi connectivity index (χ3n) is 2.32. The first-order valence-electron chi connectivity index (χ1n) is 5.93. The first-order valence-corrected chi connectivity index (χ1v) is 5.93. The van der Waals surface area contributed by atoms with Crippen LogP contribution in [0.3, 0.4) is 0 Å². The van der Waals surface area contributed by atoms with Crippen LogP contribution in [0.1, 0.15) is 46.0 Å². The lowest BCUT2D eigenvalue weighted by atomic mass is 10.0. The summed E-state index contributed by atoms with van der Waals surface area (Å²) in [7, 11) is 0. The molecule has 0 aliphatic rings. The average Bonchev–Trinajstić information content (AvgIpc) is 2.22. The number of nitrogens with one attached hydrogen (secondary N) is 1. The molecular weight excluding hydrogens is 218 g/mol. The lowest BCUT2D eigenvalue weighted by Crippen LogP contribution is -2.41. The molecule has 0 aromatic heterocycles. The zero-order valence-electron chi connectivity index (χ0n) is 10.5. The van der Waals surface area contributed by atoms with Gasteiger partial charge in [-0.15, -0.1) is 12.3 Å². The Kier molecular flexibility index (Phi) is 7.87. The number of carbonyl (C=O) groups excluding carboxylic acids is 1. The Morgan fingerprint density at radius 2 is 2.00 bits per heavy atom. The van der Waals surface area contributed by atoms with Crippen LogP contribution in [-0.4, -0.2) is 23.0 Å². The average molecular weight is 239 g/mol. The summed E-state index contributed by atoms with van der Waals surface area (Å²) in [5, 5.41) is 11.5. The number of hydrogen-bond acceptors (Lipinski definition) is 2. The van der Waals surface area contributed by atoms with Crippen LogP contribution in [0.5, 0.6) is 0 Å². The minimum Gasteiger partial charge on any atom is -0.480 e. The fourth-order valence-corrected chi connectivity index (χ4v) is 1.47. The number of carboxylic acids is 1. The Morgan fingerprint density at radius 1 is 1.35 bits per heavy atom. The summed E-state index contributed by atoms with van der Waals surface area (Å²) in [6.45, 7) is 3.85. The zero-order valence-corrected chi connectivity index (χ0v) is 10.5. The number of hydrogen-bond donors (Lipinski definition) is 2. The molecular formula is C13H21NO3. The first-order chi connectivity index (χ1) is 7.97. The van der Waals surface area contributed by atoms with Crippen LogP contribution in [0.4, 0.5) is 0 Å². The van der Waals surface area contributed by atoms with Crippen LogP contribution in [-0.2, 0) is 9.59 Å². The van der Waals surface area contributed by atoms with E-state index in [2.05, 4.69) is 11.2 Å². The van der Waals surface area contributed by atoms with Crippen LogP contribution in [0, 0.1) is 18.3 Å². The normalized spacial score (nSPS) is 11.9. The molecule has 0 saturated heterocycles. The molecule has 96 valence electrons. The molecule has 1 atom stereocenters. The van der Waals surface area contributed by atoms with Crippen LogP contribution in [0.25, 0.3) is 0 Å². The van der Waals surface area contributed by atoms with Gasteiger partial charge in [-0.2, -0.15) is 0 Å². The van der Waals surface area contributed by atoms with Crippen molar-refractivity contribution in [1.82, 2.24) is 5.32 Å². The Labute approximate surface area is 103 Å². The quantitative estimate of drug-likeness (QED) is 0.501. The summed E-state index contributed by atoms with van der Waals surface area (Å²) >= 11 is 0. The Morgan fingerprint density at radius 3 is 2.47 bits per heavy atom. The maximum atomic E-state index is 11.5. The number of unbranched alkanes of at least 4 members (excludes halogenated alkanes) is 2. The summed E-state index contributed by atoms with van der Waals surface area (Å²) in [5.41, 5.74) is 0. The highest BCUT2D eigenvalue weighted by Crippen LogP contribution is 2.06. The van der Waals surface area contributed by atoms with Gasteiger partial charge in [-0.25, -0.2) is 4.79 Å². The van der Waals surface area contributed by atoms with Crippen molar-refractivity contribution in [2.75, 3.05) is 0 Å². The predicted molar refractivity (Wildman–Crippen MR) is 66.3 cm³/mol. The third kappa shape index (κ3) is 8.32. The molecule has 4 nitrogen and oxygen atoms in total. The summed E-state index contributed by atoms with van der Waals surface area (Å²) in [6, 6.07) is -0.782. The standard InChI is InChI=1S/C13H21NO3/c1-4-5-6-7-8-12(15)14-11(13(16)17)9-10(2)3/h1,10-11H,5-9H2,2-3H3,(H,14,15)(H,16,17)/t11-/m1/s1. The molecule has 17 heavy (non-hydrogen) atoms. The van der Waals surface area contributed by atoms with Crippen molar-refractivity contribution in [3.63, 3.8) is 0 Å². The lowest BCUT2D eigenvalue weighted by molar-refractivity contribution is -0.142. The second-order valence-electron chi connectivity index (χ2n) is 4.50. The maximum Gasteiger partial charge on any atom is 0.326 e. The van der Waals surface area contributed by atoms with Gasteiger partial charge >= 0.3 is 5.97 Å².